The maximum atomic E-state index is 11.2. The van der Waals surface area contributed by atoms with Gasteiger partial charge in [-0.1, -0.05) is 24.4 Å². The maximum absolute atomic E-state index is 11.2. The van der Waals surface area contributed by atoms with Gasteiger partial charge < -0.3 is 10.5 Å². The molecular formula is C9H13N3O2. The molecule has 14 heavy (non-hydrogen) atoms. The Kier molecular flexibility index (Phi) is 3.92. The molecule has 1 saturated carbocycles. The van der Waals surface area contributed by atoms with Crippen LogP contribution in [0.1, 0.15) is 32.1 Å². The number of hydrogen-bond acceptors (Lipinski definition) is 4. The smallest absolute Gasteiger partial charge is 0.284 e. The summed E-state index contributed by atoms with van der Waals surface area (Å²) in [5.74, 6) is -0.582. The molecule has 1 rings (SSSR count). The molecule has 1 aliphatic rings. The van der Waals surface area contributed by atoms with Crippen LogP contribution in [0.15, 0.2) is 5.16 Å². The number of amides is 1. The Morgan fingerprint density at radius 1 is 1.43 bits per heavy atom. The fraction of sp³-hybridized carbons (Fsp3) is 0.667. The van der Waals surface area contributed by atoms with E-state index >= 15 is 0 Å². The van der Waals surface area contributed by atoms with Gasteiger partial charge in [0.25, 0.3) is 5.91 Å². The second-order valence-electron chi connectivity index (χ2n) is 3.37. The van der Waals surface area contributed by atoms with Crippen molar-refractivity contribution < 1.29 is 10.0 Å². The van der Waals surface area contributed by atoms with Gasteiger partial charge in [0, 0.05) is 6.04 Å². The number of nitrogens with one attached hydrogen (secondary N) is 1. The minimum Gasteiger partial charge on any atom is -0.410 e. The lowest BCUT2D eigenvalue weighted by molar-refractivity contribution is -0.115. The minimum atomic E-state index is -0.582. The number of hydrogen-bond donors (Lipinski definition) is 2. The standard InChI is InChI=1S/C9H13N3O2/c10-6-8(12-14)9(13)11-7-4-2-1-3-5-7/h7,14H,1-5H2,(H,11,13)/b12-8+. The molecule has 0 spiro atoms. The molecule has 0 atom stereocenters. The van der Waals surface area contributed by atoms with Gasteiger partial charge >= 0.3 is 0 Å². The quantitative estimate of drug-likeness (QED) is 0.388. The number of nitriles is 1. The van der Waals surface area contributed by atoms with Crippen LogP contribution in [0.25, 0.3) is 0 Å². The van der Waals surface area contributed by atoms with E-state index in [0.29, 0.717) is 0 Å². The molecule has 1 aliphatic carbocycles. The first kappa shape index (κ1) is 10.5. The third-order valence-electron chi connectivity index (χ3n) is 2.36. The van der Waals surface area contributed by atoms with Gasteiger partial charge in [-0.3, -0.25) is 4.79 Å². The van der Waals surface area contributed by atoms with Crippen molar-refractivity contribution in [2.75, 3.05) is 0 Å². The van der Waals surface area contributed by atoms with E-state index in [1.54, 1.807) is 0 Å². The summed E-state index contributed by atoms with van der Waals surface area (Å²) in [4.78, 5) is 11.2. The molecule has 0 aromatic rings. The summed E-state index contributed by atoms with van der Waals surface area (Å²) in [5, 5.41) is 22.0. The van der Waals surface area contributed by atoms with Gasteiger partial charge in [0.2, 0.25) is 5.71 Å². The monoisotopic (exact) mass is 195 g/mol. The summed E-state index contributed by atoms with van der Waals surface area (Å²) in [7, 11) is 0. The fourth-order valence-corrected chi connectivity index (χ4v) is 1.62. The van der Waals surface area contributed by atoms with Crippen molar-refractivity contribution in [3.05, 3.63) is 0 Å². The Morgan fingerprint density at radius 3 is 2.57 bits per heavy atom. The maximum Gasteiger partial charge on any atom is 0.284 e. The molecule has 0 aromatic carbocycles. The molecule has 0 radical (unpaired) electrons. The van der Waals surface area contributed by atoms with E-state index in [1.807, 2.05) is 0 Å². The highest BCUT2D eigenvalue weighted by molar-refractivity contribution is 6.45. The zero-order valence-electron chi connectivity index (χ0n) is 7.86. The third-order valence-corrected chi connectivity index (χ3v) is 2.36. The number of oxime groups is 1. The van der Waals surface area contributed by atoms with Crippen molar-refractivity contribution in [2.24, 2.45) is 5.16 Å². The number of rotatable bonds is 2. The highest BCUT2D eigenvalue weighted by atomic mass is 16.4. The van der Waals surface area contributed by atoms with Crippen LogP contribution < -0.4 is 5.32 Å². The predicted octanol–water partition coefficient (Wildman–Crippen LogP) is 0.789. The van der Waals surface area contributed by atoms with Gasteiger partial charge in [0.15, 0.2) is 0 Å². The summed E-state index contributed by atoms with van der Waals surface area (Å²) in [6.07, 6.45) is 5.28. The van der Waals surface area contributed by atoms with Gasteiger partial charge in [-0.25, -0.2) is 0 Å². The number of carbonyl (C=O) groups excluding carboxylic acids is 1. The van der Waals surface area contributed by atoms with E-state index in [4.69, 9.17) is 10.5 Å². The highest BCUT2D eigenvalue weighted by Crippen LogP contribution is 2.17. The predicted molar refractivity (Wildman–Crippen MR) is 49.9 cm³/mol. The van der Waals surface area contributed by atoms with Gasteiger partial charge in [0.1, 0.15) is 6.07 Å². The van der Waals surface area contributed by atoms with Crippen LogP contribution in [-0.2, 0) is 4.79 Å². The third kappa shape index (κ3) is 2.73. The molecule has 5 nitrogen and oxygen atoms in total. The highest BCUT2D eigenvalue weighted by Gasteiger charge is 2.18. The average Bonchev–Trinajstić information content (AvgIpc) is 2.21. The fourth-order valence-electron chi connectivity index (χ4n) is 1.62. The largest absolute Gasteiger partial charge is 0.410 e. The van der Waals surface area contributed by atoms with Crippen molar-refractivity contribution in [1.29, 1.82) is 5.26 Å². The van der Waals surface area contributed by atoms with E-state index in [0.717, 1.165) is 25.7 Å². The Balaban J connectivity index is 2.43. The van der Waals surface area contributed by atoms with Crippen molar-refractivity contribution >= 4 is 11.6 Å². The van der Waals surface area contributed by atoms with E-state index < -0.39 is 11.6 Å². The Hall–Kier alpha value is -1.57. The van der Waals surface area contributed by atoms with Crippen LogP contribution in [0.3, 0.4) is 0 Å². The van der Waals surface area contributed by atoms with E-state index in [2.05, 4.69) is 10.5 Å². The van der Waals surface area contributed by atoms with E-state index in [1.165, 1.54) is 12.5 Å². The van der Waals surface area contributed by atoms with Crippen LogP contribution >= 0.6 is 0 Å². The second-order valence-corrected chi connectivity index (χ2v) is 3.37. The lowest BCUT2D eigenvalue weighted by Crippen LogP contribution is -2.39. The summed E-state index contributed by atoms with van der Waals surface area (Å²) < 4.78 is 0. The molecule has 0 bridgehead atoms. The van der Waals surface area contributed by atoms with Gasteiger partial charge in [-0.15, -0.1) is 0 Å². The van der Waals surface area contributed by atoms with Crippen molar-refractivity contribution in [1.82, 2.24) is 5.32 Å². The Morgan fingerprint density at radius 2 is 2.07 bits per heavy atom. The molecule has 0 saturated heterocycles. The second kappa shape index (κ2) is 5.22. The van der Waals surface area contributed by atoms with E-state index in [9.17, 15) is 4.79 Å². The SMILES string of the molecule is N#C/C(=N\O)C(=O)NC1CCCCC1. The summed E-state index contributed by atoms with van der Waals surface area (Å²) in [5.41, 5.74) is -0.476. The zero-order chi connectivity index (χ0) is 10.4. The molecule has 0 aromatic heterocycles. The first-order valence-electron chi connectivity index (χ1n) is 4.71. The van der Waals surface area contributed by atoms with Crippen LogP contribution in [0.4, 0.5) is 0 Å². The summed E-state index contributed by atoms with van der Waals surface area (Å²) >= 11 is 0. The average molecular weight is 195 g/mol. The van der Waals surface area contributed by atoms with E-state index in [-0.39, 0.29) is 6.04 Å². The van der Waals surface area contributed by atoms with Gasteiger partial charge in [-0.05, 0) is 12.8 Å². The van der Waals surface area contributed by atoms with Crippen molar-refractivity contribution in [2.45, 2.75) is 38.1 Å². The summed E-state index contributed by atoms with van der Waals surface area (Å²) in [6, 6.07) is 1.66. The first-order chi connectivity index (χ1) is 6.77. The topological polar surface area (TPSA) is 85.5 Å². The Labute approximate surface area is 82.4 Å². The molecule has 1 fully saturated rings. The number of nitrogens with zero attached hydrogens (tertiary/aromatic N) is 2. The van der Waals surface area contributed by atoms with Crippen LogP contribution in [0, 0.1) is 11.3 Å². The minimum absolute atomic E-state index is 0.126. The van der Waals surface area contributed by atoms with Crippen LogP contribution in [0.2, 0.25) is 0 Å². The number of carbonyl (C=O) groups is 1. The summed E-state index contributed by atoms with van der Waals surface area (Å²) in [6.45, 7) is 0. The van der Waals surface area contributed by atoms with Crippen LogP contribution in [0.5, 0.6) is 0 Å². The molecule has 0 unspecified atom stereocenters. The van der Waals surface area contributed by atoms with Crippen LogP contribution in [-0.4, -0.2) is 22.9 Å². The molecule has 1 amide bonds. The lowest BCUT2D eigenvalue weighted by atomic mass is 9.95. The lowest BCUT2D eigenvalue weighted by Gasteiger charge is -2.21. The normalized spacial score (nSPS) is 18.6. The molecule has 76 valence electrons. The zero-order valence-corrected chi connectivity index (χ0v) is 7.86. The Bertz CT molecular complexity index is 274. The first-order valence-corrected chi connectivity index (χ1v) is 4.71. The van der Waals surface area contributed by atoms with Gasteiger partial charge in [-0.2, -0.15) is 5.26 Å². The van der Waals surface area contributed by atoms with Crippen molar-refractivity contribution in [3.63, 3.8) is 0 Å². The van der Waals surface area contributed by atoms with Gasteiger partial charge in [0.05, 0.1) is 0 Å². The molecule has 2 N–H and O–H groups in total. The molecular weight excluding hydrogens is 182 g/mol. The molecule has 0 heterocycles. The molecule has 0 aliphatic heterocycles. The van der Waals surface area contributed by atoms with Crippen molar-refractivity contribution in [3.8, 4) is 6.07 Å². The molecule has 5 heteroatoms.